The third-order valence-electron chi connectivity index (χ3n) is 2.94. The van der Waals surface area contributed by atoms with Gasteiger partial charge in [0.1, 0.15) is 0 Å². The Morgan fingerprint density at radius 2 is 2.19 bits per heavy atom. The van der Waals surface area contributed by atoms with Crippen molar-refractivity contribution in [1.82, 2.24) is 4.90 Å². The topological polar surface area (TPSA) is 86.7 Å². The van der Waals surface area contributed by atoms with E-state index in [-0.39, 0.29) is 28.8 Å². The monoisotopic (exact) mass is 372 g/mol. The van der Waals surface area contributed by atoms with E-state index in [0.717, 1.165) is 5.75 Å². The van der Waals surface area contributed by atoms with E-state index in [4.69, 9.17) is 5.11 Å². The van der Waals surface area contributed by atoms with Gasteiger partial charge in [0.05, 0.1) is 11.3 Å². The second kappa shape index (κ2) is 6.95. The molecule has 0 aromatic heterocycles. The first-order valence-corrected chi connectivity index (χ1v) is 7.99. The van der Waals surface area contributed by atoms with Crippen LogP contribution in [0, 0.1) is 0 Å². The summed E-state index contributed by atoms with van der Waals surface area (Å²) in [5.74, 6) is -0.681. The van der Waals surface area contributed by atoms with Crippen LogP contribution in [0.4, 0.5) is 10.5 Å². The predicted molar refractivity (Wildman–Crippen MR) is 83.8 cm³/mol. The minimum Gasteiger partial charge on any atom is -0.478 e. The van der Waals surface area contributed by atoms with E-state index in [1.807, 2.05) is 0 Å². The molecule has 0 bridgehead atoms. The van der Waals surface area contributed by atoms with Crippen molar-refractivity contribution in [3.63, 3.8) is 0 Å². The Kier molecular flexibility index (Phi) is 5.24. The normalized spacial score (nSPS) is 14.3. The molecule has 1 heterocycles. The lowest BCUT2D eigenvalue weighted by atomic mass is 10.1. The zero-order valence-corrected chi connectivity index (χ0v) is 13.4. The number of nitrogens with zero attached hydrogens (tertiary/aromatic N) is 1. The average molecular weight is 373 g/mol. The van der Waals surface area contributed by atoms with E-state index in [1.165, 1.54) is 23.9 Å². The second-order valence-electron chi connectivity index (χ2n) is 4.39. The van der Waals surface area contributed by atoms with Gasteiger partial charge in [0.2, 0.25) is 5.91 Å². The van der Waals surface area contributed by atoms with Crippen molar-refractivity contribution in [2.24, 2.45) is 0 Å². The van der Waals surface area contributed by atoms with Crippen LogP contribution in [-0.2, 0) is 4.79 Å². The zero-order valence-electron chi connectivity index (χ0n) is 11.0. The van der Waals surface area contributed by atoms with E-state index in [2.05, 4.69) is 21.2 Å². The van der Waals surface area contributed by atoms with Crippen molar-refractivity contribution in [3.8, 4) is 0 Å². The first kappa shape index (κ1) is 15.8. The largest absolute Gasteiger partial charge is 0.478 e. The van der Waals surface area contributed by atoms with Crippen molar-refractivity contribution in [3.05, 3.63) is 28.2 Å². The summed E-state index contributed by atoms with van der Waals surface area (Å²) in [7, 11) is 0. The summed E-state index contributed by atoms with van der Waals surface area (Å²) in [5.41, 5.74) is 0.267. The molecule has 8 heteroatoms. The third kappa shape index (κ3) is 4.21. The van der Waals surface area contributed by atoms with Crippen LogP contribution in [0.3, 0.4) is 0 Å². The number of aromatic carboxylic acids is 1. The van der Waals surface area contributed by atoms with Crippen LogP contribution < -0.4 is 5.32 Å². The van der Waals surface area contributed by atoms with E-state index in [9.17, 15) is 14.4 Å². The Hall–Kier alpha value is -1.54. The highest BCUT2D eigenvalue weighted by molar-refractivity contribution is 9.10. The van der Waals surface area contributed by atoms with Gasteiger partial charge in [0.15, 0.2) is 0 Å². The van der Waals surface area contributed by atoms with Gasteiger partial charge in [-0.1, -0.05) is 27.7 Å². The van der Waals surface area contributed by atoms with Gasteiger partial charge >= 0.3 is 5.97 Å². The lowest BCUT2D eigenvalue weighted by Gasteiger charge is -2.14. The van der Waals surface area contributed by atoms with Crippen molar-refractivity contribution < 1.29 is 19.5 Å². The van der Waals surface area contributed by atoms with Gasteiger partial charge in [-0.25, -0.2) is 4.79 Å². The maximum Gasteiger partial charge on any atom is 0.337 e. The Balaban J connectivity index is 1.97. The molecule has 21 heavy (non-hydrogen) atoms. The SMILES string of the molecule is O=C(CCN1CCSC1=O)Nc1cc(Br)ccc1C(=O)O. The first-order valence-electron chi connectivity index (χ1n) is 6.22. The molecule has 2 N–H and O–H groups in total. The van der Waals surface area contributed by atoms with Gasteiger partial charge in [-0.3, -0.25) is 9.59 Å². The van der Waals surface area contributed by atoms with Crippen molar-refractivity contribution in [2.75, 3.05) is 24.2 Å². The number of carbonyl (C=O) groups is 3. The van der Waals surface area contributed by atoms with Crippen LogP contribution in [0.1, 0.15) is 16.8 Å². The highest BCUT2D eigenvalue weighted by atomic mass is 79.9. The third-order valence-corrected chi connectivity index (χ3v) is 4.32. The Morgan fingerprint density at radius 3 is 2.81 bits per heavy atom. The Labute approximate surface area is 134 Å². The fourth-order valence-corrected chi connectivity index (χ4v) is 3.10. The van der Waals surface area contributed by atoms with E-state index in [1.54, 1.807) is 11.0 Å². The van der Waals surface area contributed by atoms with Gasteiger partial charge in [-0.15, -0.1) is 0 Å². The van der Waals surface area contributed by atoms with Crippen LogP contribution in [0.2, 0.25) is 0 Å². The number of rotatable bonds is 5. The maximum absolute atomic E-state index is 11.9. The fourth-order valence-electron chi connectivity index (χ4n) is 1.88. The zero-order chi connectivity index (χ0) is 15.4. The molecule has 1 aliphatic rings. The molecule has 1 saturated heterocycles. The molecular weight excluding hydrogens is 360 g/mol. The van der Waals surface area contributed by atoms with Gasteiger partial charge in [0, 0.05) is 29.7 Å². The number of carbonyl (C=O) groups excluding carboxylic acids is 2. The molecule has 1 aliphatic heterocycles. The van der Waals surface area contributed by atoms with Gasteiger partial charge in [-0.2, -0.15) is 0 Å². The van der Waals surface area contributed by atoms with E-state index < -0.39 is 5.97 Å². The van der Waals surface area contributed by atoms with Crippen LogP contribution in [-0.4, -0.2) is 46.0 Å². The van der Waals surface area contributed by atoms with Crippen molar-refractivity contribution in [1.29, 1.82) is 0 Å². The van der Waals surface area contributed by atoms with E-state index >= 15 is 0 Å². The van der Waals surface area contributed by atoms with Crippen LogP contribution in [0.15, 0.2) is 22.7 Å². The summed E-state index contributed by atoms with van der Waals surface area (Å²) < 4.78 is 0.675. The standard InChI is InChI=1S/C13H13BrN2O4S/c14-8-1-2-9(12(18)19)10(7-8)15-11(17)3-4-16-5-6-21-13(16)20/h1-2,7H,3-6H2,(H,15,17)(H,18,19). The van der Waals surface area contributed by atoms with Crippen LogP contribution in [0.5, 0.6) is 0 Å². The van der Waals surface area contributed by atoms with E-state index in [0.29, 0.717) is 17.6 Å². The molecule has 1 aromatic carbocycles. The lowest BCUT2D eigenvalue weighted by Crippen LogP contribution is -2.28. The average Bonchev–Trinajstić information content (AvgIpc) is 2.81. The molecule has 0 atom stereocenters. The molecular formula is C13H13BrN2O4S. The number of amides is 2. The second-order valence-corrected chi connectivity index (χ2v) is 6.36. The smallest absolute Gasteiger partial charge is 0.337 e. The number of hydrogen-bond acceptors (Lipinski definition) is 4. The molecule has 6 nitrogen and oxygen atoms in total. The molecule has 0 aliphatic carbocycles. The number of hydrogen-bond donors (Lipinski definition) is 2. The number of nitrogens with one attached hydrogen (secondary N) is 1. The number of carboxylic acid groups (broad SMARTS) is 1. The Bertz CT molecular complexity index is 594. The molecule has 2 amide bonds. The highest BCUT2D eigenvalue weighted by Crippen LogP contribution is 2.22. The molecule has 0 saturated carbocycles. The van der Waals surface area contributed by atoms with Crippen molar-refractivity contribution in [2.45, 2.75) is 6.42 Å². The summed E-state index contributed by atoms with van der Waals surface area (Å²) in [6, 6.07) is 4.56. The number of halogens is 1. The number of carboxylic acids is 1. The summed E-state index contributed by atoms with van der Waals surface area (Å²) in [4.78, 5) is 36.0. The quantitative estimate of drug-likeness (QED) is 0.829. The van der Waals surface area contributed by atoms with Gasteiger partial charge in [0.25, 0.3) is 5.24 Å². The molecule has 112 valence electrons. The minimum atomic E-state index is -1.11. The highest BCUT2D eigenvalue weighted by Gasteiger charge is 2.21. The number of benzene rings is 1. The molecule has 0 spiro atoms. The molecule has 1 fully saturated rings. The Morgan fingerprint density at radius 1 is 1.43 bits per heavy atom. The van der Waals surface area contributed by atoms with Crippen molar-refractivity contribution >= 4 is 50.5 Å². The van der Waals surface area contributed by atoms with Crippen LogP contribution >= 0.6 is 27.7 Å². The molecule has 0 unspecified atom stereocenters. The number of anilines is 1. The van der Waals surface area contributed by atoms with Gasteiger partial charge < -0.3 is 15.3 Å². The molecule has 0 radical (unpaired) electrons. The summed E-state index contributed by atoms with van der Waals surface area (Å²) >= 11 is 4.48. The molecule has 1 aromatic rings. The summed E-state index contributed by atoms with van der Waals surface area (Å²) in [6.45, 7) is 0.988. The van der Waals surface area contributed by atoms with Gasteiger partial charge in [-0.05, 0) is 18.2 Å². The first-order chi connectivity index (χ1) is 9.97. The minimum absolute atomic E-state index is 0.0171. The fraction of sp³-hybridized carbons (Fsp3) is 0.308. The summed E-state index contributed by atoms with van der Waals surface area (Å²) in [5, 5.41) is 11.6. The number of thioether (sulfide) groups is 1. The summed E-state index contributed by atoms with van der Waals surface area (Å²) in [6.07, 6.45) is 0.137. The maximum atomic E-state index is 11.9. The predicted octanol–water partition coefficient (Wildman–Crippen LogP) is 2.64. The lowest BCUT2D eigenvalue weighted by molar-refractivity contribution is -0.116. The van der Waals surface area contributed by atoms with Crippen LogP contribution in [0.25, 0.3) is 0 Å². The molecule has 2 rings (SSSR count).